The maximum Gasteiger partial charge on any atom is 0.286 e. The first-order valence-electron chi connectivity index (χ1n) is 2.66. The van der Waals surface area contributed by atoms with Gasteiger partial charge in [-0.25, -0.2) is 4.98 Å². The molecule has 58 valence electrons. The Morgan fingerprint density at radius 2 is 2.18 bits per heavy atom. The fraction of sp³-hybridized carbons (Fsp3) is 0. The number of nitrogens with zero attached hydrogens (tertiary/aromatic N) is 2. The molecular weight excluding hydrogens is 150 g/mol. The molecular formula is C5H5N3O3. The number of carbonyl (C=O) groups excluding carboxylic acids is 1. The molecule has 0 bridgehead atoms. The summed E-state index contributed by atoms with van der Waals surface area (Å²) >= 11 is 0. The van der Waals surface area contributed by atoms with E-state index in [0.29, 0.717) is 0 Å². The minimum atomic E-state index is -0.861. The lowest BCUT2D eigenvalue weighted by molar-refractivity contribution is 0.0989. The summed E-state index contributed by atoms with van der Waals surface area (Å²) in [6.07, 6.45) is 0.891. The van der Waals surface area contributed by atoms with Crippen molar-refractivity contribution in [3.63, 3.8) is 0 Å². The van der Waals surface area contributed by atoms with Gasteiger partial charge < -0.3 is 15.9 Å². The smallest absolute Gasteiger partial charge is 0.286 e. The van der Waals surface area contributed by atoms with Crippen molar-refractivity contribution in [2.45, 2.75) is 0 Å². The minimum absolute atomic E-state index is 0.333. The Balaban J connectivity index is 3.15. The zero-order valence-electron chi connectivity index (χ0n) is 5.35. The van der Waals surface area contributed by atoms with Gasteiger partial charge in [-0.1, -0.05) is 0 Å². The van der Waals surface area contributed by atoms with E-state index in [1.54, 1.807) is 0 Å². The van der Waals surface area contributed by atoms with Crippen LogP contribution >= 0.6 is 0 Å². The molecule has 0 aromatic carbocycles. The van der Waals surface area contributed by atoms with Gasteiger partial charge in [0.05, 0.1) is 6.20 Å². The van der Waals surface area contributed by atoms with Gasteiger partial charge in [-0.2, -0.15) is 4.98 Å². The lowest BCUT2D eigenvalue weighted by Crippen LogP contribution is -2.14. The molecule has 0 spiro atoms. The summed E-state index contributed by atoms with van der Waals surface area (Å²) in [7, 11) is 0. The number of hydrogen-bond acceptors (Lipinski definition) is 5. The number of aromatic nitrogens is 2. The quantitative estimate of drug-likeness (QED) is 0.481. The van der Waals surface area contributed by atoms with Crippen molar-refractivity contribution in [3.05, 3.63) is 12.0 Å². The molecule has 1 rings (SSSR count). The van der Waals surface area contributed by atoms with Crippen LogP contribution in [0.5, 0.6) is 11.6 Å². The van der Waals surface area contributed by atoms with Gasteiger partial charge in [0.1, 0.15) is 0 Å². The predicted molar refractivity (Wildman–Crippen MR) is 33.9 cm³/mol. The van der Waals surface area contributed by atoms with Crippen LogP contribution in [0.1, 0.15) is 10.6 Å². The molecule has 0 fully saturated rings. The molecule has 6 nitrogen and oxygen atoms in total. The predicted octanol–water partition coefficient (Wildman–Crippen LogP) is -1.01. The third kappa shape index (κ3) is 1.34. The van der Waals surface area contributed by atoms with Crippen molar-refractivity contribution < 1.29 is 15.0 Å². The van der Waals surface area contributed by atoms with Gasteiger partial charge in [0.25, 0.3) is 11.8 Å². The van der Waals surface area contributed by atoms with Crippen molar-refractivity contribution >= 4 is 5.91 Å². The van der Waals surface area contributed by atoms with E-state index in [1.807, 2.05) is 0 Å². The number of hydrogen-bond donors (Lipinski definition) is 3. The van der Waals surface area contributed by atoms with Gasteiger partial charge in [0.15, 0.2) is 5.75 Å². The van der Waals surface area contributed by atoms with Crippen LogP contribution in [0.3, 0.4) is 0 Å². The summed E-state index contributed by atoms with van der Waals surface area (Å²) in [5, 5.41) is 17.4. The van der Waals surface area contributed by atoms with Crippen LogP contribution < -0.4 is 5.73 Å². The normalized spacial score (nSPS) is 9.45. The maximum absolute atomic E-state index is 10.4. The highest BCUT2D eigenvalue weighted by molar-refractivity contribution is 5.88. The van der Waals surface area contributed by atoms with Gasteiger partial charge in [-0.3, -0.25) is 4.79 Å². The summed E-state index contributed by atoms with van der Waals surface area (Å²) < 4.78 is 0. The van der Waals surface area contributed by atoms with E-state index in [-0.39, 0.29) is 5.82 Å². The molecule has 1 heterocycles. The summed E-state index contributed by atoms with van der Waals surface area (Å²) in [6, 6.07) is 0. The molecule has 0 saturated carbocycles. The molecule has 1 aromatic heterocycles. The van der Waals surface area contributed by atoms with E-state index in [1.165, 1.54) is 0 Å². The lowest BCUT2D eigenvalue weighted by atomic mass is 10.5. The second-order valence-electron chi connectivity index (χ2n) is 1.77. The lowest BCUT2D eigenvalue weighted by Gasteiger charge is -1.95. The van der Waals surface area contributed by atoms with Crippen LogP contribution in [0, 0.1) is 0 Å². The standard InChI is InChI=1S/C5H5N3O3/c6-3(10)4-7-1-2(9)5(11)8-4/h1,9H,(H2,6,10)(H,7,8,11). The Hall–Kier alpha value is -1.85. The Labute approximate surface area is 61.3 Å². The summed E-state index contributed by atoms with van der Waals surface area (Å²) in [4.78, 5) is 16.9. The molecule has 6 heteroatoms. The first kappa shape index (κ1) is 7.26. The maximum atomic E-state index is 10.4. The van der Waals surface area contributed by atoms with Crippen LogP contribution in [-0.4, -0.2) is 26.1 Å². The van der Waals surface area contributed by atoms with E-state index >= 15 is 0 Å². The highest BCUT2D eigenvalue weighted by atomic mass is 16.3. The van der Waals surface area contributed by atoms with Crippen molar-refractivity contribution in [2.24, 2.45) is 5.73 Å². The summed E-state index contributed by atoms with van der Waals surface area (Å²) in [5.41, 5.74) is 4.78. The highest BCUT2D eigenvalue weighted by Crippen LogP contribution is 2.18. The fourth-order valence-electron chi connectivity index (χ4n) is 0.485. The van der Waals surface area contributed by atoms with Crippen LogP contribution in [0.4, 0.5) is 0 Å². The van der Waals surface area contributed by atoms with Crippen molar-refractivity contribution in [2.75, 3.05) is 0 Å². The average molecular weight is 155 g/mol. The summed E-state index contributed by atoms with van der Waals surface area (Å²) in [6.45, 7) is 0. The van der Waals surface area contributed by atoms with Gasteiger partial charge in [-0.05, 0) is 0 Å². The number of nitrogens with two attached hydrogens (primary N) is 1. The largest absolute Gasteiger partial charge is 0.502 e. The number of aromatic hydroxyl groups is 2. The Kier molecular flexibility index (Phi) is 1.59. The van der Waals surface area contributed by atoms with Gasteiger partial charge in [0.2, 0.25) is 5.82 Å². The third-order valence-electron chi connectivity index (χ3n) is 0.970. The van der Waals surface area contributed by atoms with Crippen LogP contribution in [-0.2, 0) is 0 Å². The van der Waals surface area contributed by atoms with Gasteiger partial charge >= 0.3 is 0 Å². The molecule has 0 aliphatic carbocycles. The zero-order valence-corrected chi connectivity index (χ0v) is 5.35. The number of amides is 1. The van der Waals surface area contributed by atoms with Gasteiger partial charge in [-0.15, -0.1) is 0 Å². The molecule has 0 aliphatic heterocycles. The van der Waals surface area contributed by atoms with E-state index in [2.05, 4.69) is 9.97 Å². The third-order valence-corrected chi connectivity index (χ3v) is 0.970. The van der Waals surface area contributed by atoms with Crippen LogP contribution in [0.15, 0.2) is 6.20 Å². The minimum Gasteiger partial charge on any atom is -0.502 e. The average Bonchev–Trinajstić information content (AvgIpc) is 1.94. The molecule has 0 saturated heterocycles. The van der Waals surface area contributed by atoms with Crippen LogP contribution in [0.2, 0.25) is 0 Å². The van der Waals surface area contributed by atoms with Gasteiger partial charge in [0, 0.05) is 0 Å². The molecule has 1 amide bonds. The van der Waals surface area contributed by atoms with E-state index in [0.717, 1.165) is 6.20 Å². The first-order valence-corrected chi connectivity index (χ1v) is 2.66. The fourth-order valence-corrected chi connectivity index (χ4v) is 0.485. The molecule has 0 atom stereocenters. The highest BCUT2D eigenvalue weighted by Gasteiger charge is 2.07. The summed E-state index contributed by atoms with van der Waals surface area (Å²) in [5.74, 6) is -2.34. The molecule has 0 aliphatic rings. The second kappa shape index (κ2) is 2.41. The van der Waals surface area contributed by atoms with Crippen LogP contribution in [0.25, 0.3) is 0 Å². The SMILES string of the molecule is NC(=O)c1ncc(O)c(O)n1. The molecule has 4 N–H and O–H groups in total. The van der Waals surface area contributed by atoms with Crippen molar-refractivity contribution in [1.82, 2.24) is 9.97 Å². The van der Waals surface area contributed by atoms with Crippen molar-refractivity contribution in [3.8, 4) is 11.6 Å². The molecule has 1 aromatic rings. The van der Waals surface area contributed by atoms with Crippen molar-refractivity contribution in [1.29, 1.82) is 0 Å². The topological polar surface area (TPSA) is 109 Å². The van der Waals surface area contributed by atoms with E-state index in [9.17, 15) is 4.79 Å². The molecule has 0 radical (unpaired) electrons. The molecule has 11 heavy (non-hydrogen) atoms. The second-order valence-corrected chi connectivity index (χ2v) is 1.77. The molecule has 0 unspecified atom stereocenters. The van der Waals surface area contributed by atoms with E-state index < -0.39 is 17.5 Å². The monoisotopic (exact) mass is 155 g/mol. The Bertz CT molecular complexity index is 299. The first-order chi connectivity index (χ1) is 5.11. The zero-order chi connectivity index (χ0) is 8.43. The Morgan fingerprint density at radius 1 is 1.55 bits per heavy atom. The number of rotatable bonds is 1. The Morgan fingerprint density at radius 3 is 2.64 bits per heavy atom. The number of primary amides is 1. The van der Waals surface area contributed by atoms with E-state index in [4.69, 9.17) is 15.9 Å². The number of carbonyl (C=O) groups is 1.